The van der Waals surface area contributed by atoms with Gasteiger partial charge in [0, 0.05) is 52.5 Å². The molecule has 4 heterocycles. The highest BCUT2D eigenvalue weighted by atomic mass is 32.1. The molecule has 5 aromatic rings. The van der Waals surface area contributed by atoms with Gasteiger partial charge in [0.15, 0.2) is 0 Å². The number of pyridine rings is 1. The summed E-state index contributed by atoms with van der Waals surface area (Å²) in [6, 6.07) is 10.5. The van der Waals surface area contributed by atoms with E-state index >= 15 is 4.39 Å². The van der Waals surface area contributed by atoms with Gasteiger partial charge in [-0.25, -0.2) is 13.8 Å². The number of hydrogen-bond acceptors (Lipinski definition) is 7. The Labute approximate surface area is 261 Å². The number of aliphatic hydroxyl groups is 1. The highest BCUT2D eigenvalue weighted by Gasteiger charge is 2.29. The van der Waals surface area contributed by atoms with Crippen molar-refractivity contribution in [2.45, 2.75) is 32.5 Å². The largest absolute Gasteiger partial charge is 0.490 e. The molecular formula is C33H29F2N5O4S. The number of halogens is 2. The van der Waals surface area contributed by atoms with Gasteiger partial charge in [-0.2, -0.15) is 5.10 Å². The zero-order chi connectivity index (χ0) is 32.0. The Hall–Kier alpha value is -4.94. The first-order chi connectivity index (χ1) is 21.5. The molecule has 1 aliphatic heterocycles. The molecule has 9 nitrogen and oxygen atoms in total. The van der Waals surface area contributed by atoms with E-state index in [4.69, 9.17) is 9.72 Å². The Kier molecular flexibility index (Phi) is 7.94. The van der Waals surface area contributed by atoms with Crippen molar-refractivity contribution in [3.8, 4) is 39.5 Å². The Morgan fingerprint density at radius 3 is 2.76 bits per heavy atom. The van der Waals surface area contributed by atoms with Gasteiger partial charge in [-0.15, -0.1) is 11.3 Å². The molecule has 6 rings (SSSR count). The van der Waals surface area contributed by atoms with Crippen molar-refractivity contribution in [1.82, 2.24) is 25.4 Å². The van der Waals surface area contributed by atoms with Crippen molar-refractivity contribution in [1.29, 1.82) is 0 Å². The maximum Gasteiger partial charge on any atom is 0.254 e. The van der Waals surface area contributed by atoms with Crippen molar-refractivity contribution in [3.63, 3.8) is 0 Å². The maximum absolute atomic E-state index is 15.9. The number of amides is 2. The van der Waals surface area contributed by atoms with E-state index in [-0.39, 0.29) is 35.4 Å². The minimum atomic E-state index is -0.895. The van der Waals surface area contributed by atoms with Crippen LogP contribution in [0.1, 0.15) is 41.5 Å². The van der Waals surface area contributed by atoms with Crippen LogP contribution in [0.15, 0.2) is 60.5 Å². The number of rotatable bonds is 9. The minimum absolute atomic E-state index is 0.0399. The molecule has 0 bridgehead atoms. The first-order valence-electron chi connectivity index (χ1n) is 14.1. The van der Waals surface area contributed by atoms with E-state index < -0.39 is 23.8 Å². The topological polar surface area (TPSA) is 120 Å². The average molecular weight is 630 g/mol. The fourth-order valence-electron chi connectivity index (χ4n) is 5.40. The molecule has 230 valence electrons. The SMILES string of the molecule is C=CC(=O)NC(C)c1cc(-c2nc(-c3ccc4c(c3)C(=O)N(C)C4)c3ccsc3c2-c2c(F)cc(F)cc2OCC(C)O)n[nH]1. The number of aromatic amines is 1. The highest BCUT2D eigenvalue weighted by Crippen LogP contribution is 2.47. The van der Waals surface area contributed by atoms with Crippen LogP contribution in [0.4, 0.5) is 8.78 Å². The molecule has 2 amide bonds. The number of aliphatic hydroxyl groups excluding tert-OH is 1. The number of carbonyl (C=O) groups is 2. The van der Waals surface area contributed by atoms with E-state index in [1.807, 2.05) is 29.6 Å². The number of H-pyrrole nitrogens is 1. The summed E-state index contributed by atoms with van der Waals surface area (Å²) in [7, 11) is 1.74. The number of nitrogens with one attached hydrogen (secondary N) is 2. The molecule has 0 saturated heterocycles. The van der Waals surface area contributed by atoms with Crippen LogP contribution in [-0.4, -0.2) is 56.8 Å². The molecule has 45 heavy (non-hydrogen) atoms. The van der Waals surface area contributed by atoms with Gasteiger partial charge in [0.25, 0.3) is 5.91 Å². The molecule has 12 heteroatoms. The van der Waals surface area contributed by atoms with Gasteiger partial charge in [0.2, 0.25) is 5.91 Å². The van der Waals surface area contributed by atoms with E-state index in [0.717, 1.165) is 23.8 Å². The lowest BCUT2D eigenvalue weighted by molar-refractivity contribution is -0.117. The lowest BCUT2D eigenvalue weighted by Gasteiger charge is -2.18. The second-order valence-corrected chi connectivity index (χ2v) is 11.9. The molecule has 0 radical (unpaired) electrons. The first kappa shape index (κ1) is 30.1. The summed E-state index contributed by atoms with van der Waals surface area (Å²) in [5.74, 6) is -2.29. The van der Waals surface area contributed by atoms with Crippen molar-refractivity contribution in [2.75, 3.05) is 13.7 Å². The van der Waals surface area contributed by atoms with E-state index in [2.05, 4.69) is 22.1 Å². The van der Waals surface area contributed by atoms with Crippen LogP contribution in [0.2, 0.25) is 0 Å². The summed E-state index contributed by atoms with van der Waals surface area (Å²) in [6.45, 7) is 7.07. The number of benzene rings is 2. The molecule has 0 aliphatic carbocycles. The van der Waals surface area contributed by atoms with Crippen molar-refractivity contribution in [2.24, 2.45) is 0 Å². The van der Waals surface area contributed by atoms with Crippen LogP contribution in [-0.2, 0) is 11.3 Å². The number of aromatic nitrogens is 3. The van der Waals surface area contributed by atoms with Crippen LogP contribution >= 0.6 is 11.3 Å². The van der Waals surface area contributed by atoms with Crippen LogP contribution in [0.5, 0.6) is 5.75 Å². The maximum atomic E-state index is 15.9. The lowest BCUT2D eigenvalue weighted by Crippen LogP contribution is -2.24. The van der Waals surface area contributed by atoms with Gasteiger partial charge < -0.3 is 20.1 Å². The third kappa shape index (κ3) is 5.58. The molecule has 2 unspecified atom stereocenters. The number of hydrogen-bond donors (Lipinski definition) is 3. The molecule has 2 atom stereocenters. The monoisotopic (exact) mass is 629 g/mol. The van der Waals surface area contributed by atoms with Crippen molar-refractivity contribution < 1.29 is 28.2 Å². The standard InChI is InChI=1S/C33H29F2N5O4S/c1-5-27(42)36-17(3)24-13-25(39-38-24)31-29(28-23(35)11-20(34)12-26(28)44-15-16(2)41)32-21(8-9-45-32)30(37-31)18-6-7-19-14-40(4)33(43)22(19)10-18/h5-13,16-17,41H,1,14-15H2,2-4H3,(H,36,42)(H,38,39). The fraction of sp³-hybridized carbons (Fsp3) is 0.212. The smallest absolute Gasteiger partial charge is 0.254 e. The zero-order valence-electron chi connectivity index (χ0n) is 24.6. The molecule has 0 fully saturated rings. The minimum Gasteiger partial charge on any atom is -0.490 e. The average Bonchev–Trinajstić information content (AvgIpc) is 3.75. The Morgan fingerprint density at radius 2 is 2.00 bits per heavy atom. The van der Waals surface area contributed by atoms with E-state index in [1.165, 1.54) is 18.3 Å². The Balaban J connectivity index is 1.61. The molecule has 0 saturated carbocycles. The molecule has 3 aromatic heterocycles. The second kappa shape index (κ2) is 11.9. The van der Waals surface area contributed by atoms with E-state index in [0.29, 0.717) is 50.4 Å². The van der Waals surface area contributed by atoms with Gasteiger partial charge in [-0.1, -0.05) is 18.7 Å². The quantitative estimate of drug-likeness (QED) is 0.172. The normalized spacial score (nSPS) is 14.0. The van der Waals surface area contributed by atoms with Gasteiger partial charge in [0.05, 0.1) is 29.1 Å². The second-order valence-electron chi connectivity index (χ2n) is 10.9. The van der Waals surface area contributed by atoms with Crippen LogP contribution in [0, 0.1) is 11.6 Å². The van der Waals surface area contributed by atoms with Gasteiger partial charge in [-0.05, 0) is 49.1 Å². The van der Waals surface area contributed by atoms with Gasteiger partial charge >= 0.3 is 0 Å². The third-order valence-corrected chi connectivity index (χ3v) is 8.51. The number of fused-ring (bicyclic) bond motifs is 2. The van der Waals surface area contributed by atoms with Gasteiger partial charge in [-0.3, -0.25) is 14.7 Å². The summed E-state index contributed by atoms with van der Waals surface area (Å²) in [5, 5.41) is 22.6. The van der Waals surface area contributed by atoms with Crippen LogP contribution < -0.4 is 10.1 Å². The summed E-state index contributed by atoms with van der Waals surface area (Å²) < 4.78 is 36.8. The Bertz CT molecular complexity index is 1990. The number of ether oxygens (including phenoxy) is 1. The van der Waals surface area contributed by atoms with Crippen molar-refractivity contribution >= 4 is 33.2 Å². The summed E-state index contributed by atoms with van der Waals surface area (Å²) in [5.41, 5.74) is 4.14. The third-order valence-electron chi connectivity index (χ3n) is 7.58. The molecule has 1 aliphatic rings. The summed E-state index contributed by atoms with van der Waals surface area (Å²) in [6.07, 6.45) is 0.268. The molecule has 2 aromatic carbocycles. The molecule has 3 N–H and O–H groups in total. The van der Waals surface area contributed by atoms with Gasteiger partial charge in [0.1, 0.15) is 35.4 Å². The Morgan fingerprint density at radius 1 is 1.20 bits per heavy atom. The molecular weight excluding hydrogens is 600 g/mol. The first-order valence-corrected chi connectivity index (χ1v) is 15.0. The number of carbonyl (C=O) groups excluding carboxylic acids is 2. The zero-order valence-corrected chi connectivity index (χ0v) is 25.5. The van der Waals surface area contributed by atoms with Crippen LogP contribution in [0.25, 0.3) is 43.9 Å². The highest BCUT2D eigenvalue weighted by molar-refractivity contribution is 7.18. The summed E-state index contributed by atoms with van der Waals surface area (Å²) in [4.78, 5) is 31.5. The summed E-state index contributed by atoms with van der Waals surface area (Å²) >= 11 is 1.34. The predicted octanol–water partition coefficient (Wildman–Crippen LogP) is 6.01. The van der Waals surface area contributed by atoms with E-state index in [9.17, 15) is 19.1 Å². The van der Waals surface area contributed by atoms with Crippen LogP contribution in [0.3, 0.4) is 0 Å². The molecule has 0 spiro atoms. The lowest BCUT2D eigenvalue weighted by atomic mass is 9.95. The fourth-order valence-corrected chi connectivity index (χ4v) is 6.35. The number of nitrogens with zero attached hydrogens (tertiary/aromatic N) is 3. The number of thiophene rings is 1. The van der Waals surface area contributed by atoms with Crippen molar-refractivity contribution in [3.05, 3.63) is 89.0 Å². The predicted molar refractivity (Wildman–Crippen MR) is 168 cm³/mol. The van der Waals surface area contributed by atoms with E-state index in [1.54, 1.807) is 24.9 Å².